The number of carboxylic acid groups (broad SMARTS) is 1. The molecule has 0 fully saturated rings. The average Bonchev–Trinajstić information content (AvgIpc) is 3.50. The van der Waals surface area contributed by atoms with E-state index in [2.05, 4.69) is 38.9 Å². The van der Waals surface area contributed by atoms with Crippen LogP contribution < -0.4 is 43.8 Å². The van der Waals surface area contributed by atoms with Gasteiger partial charge in [0.25, 0.3) is 0 Å². The molecule has 6 atom stereocenters. The number of carboxylic acids is 1. The Bertz CT molecular complexity index is 1590. The van der Waals surface area contributed by atoms with Crippen molar-refractivity contribution in [3.8, 4) is 0 Å². The number of primary amides is 2. The Labute approximate surface area is 296 Å². The third-order valence-corrected chi connectivity index (χ3v) is 7.90. The molecule has 0 saturated heterocycles. The molecule has 0 aliphatic carbocycles. The van der Waals surface area contributed by atoms with E-state index >= 15 is 0 Å². The minimum Gasteiger partial charge on any atom is -0.480 e. The quantitative estimate of drug-likeness (QED) is 0.0505. The standard InChI is InChI=1S/C30H43N9O11S/c31-16(13-51)25(44)35-18(5-7-23(32)42)26(45)36-19(6-8-24(33)43)27(46)37-20(9-14-10-34-17-4-2-1-3-15(14)17)28(47)38-21(11-40)29(48)39-22(12-41)30(49)50/h1-4,10,16,18-22,34,40-41,51H,5-9,11-13,31H2,(H2,32,42)(H2,33,43)(H,35,44)(H,36,45)(H,37,46)(H,38,47)(H,39,48)(H,49,50)/t16-,18-,19-,20-,21-,22-/m0/s1. The zero-order chi connectivity index (χ0) is 38.2. The van der Waals surface area contributed by atoms with Gasteiger partial charge in [-0.15, -0.1) is 0 Å². The first-order valence-electron chi connectivity index (χ1n) is 15.6. The normalized spacial score (nSPS) is 14.5. The Morgan fingerprint density at radius 1 is 0.686 bits per heavy atom. The average molecular weight is 738 g/mol. The van der Waals surface area contributed by atoms with Crippen molar-refractivity contribution in [1.29, 1.82) is 0 Å². The lowest BCUT2D eigenvalue weighted by Gasteiger charge is -2.26. The fourth-order valence-corrected chi connectivity index (χ4v) is 4.84. The van der Waals surface area contributed by atoms with Crippen molar-refractivity contribution in [2.45, 2.75) is 68.4 Å². The Balaban J connectivity index is 2.42. The van der Waals surface area contributed by atoms with E-state index in [0.29, 0.717) is 16.5 Å². The number of aliphatic carboxylic acids is 1. The summed E-state index contributed by atoms with van der Waals surface area (Å²) in [7, 11) is 0. The molecular weight excluding hydrogens is 694 g/mol. The minimum absolute atomic E-state index is 0.0834. The minimum atomic E-state index is -1.75. The first-order chi connectivity index (χ1) is 24.1. The highest BCUT2D eigenvalue weighted by Crippen LogP contribution is 2.19. The second kappa shape index (κ2) is 20.4. The maximum atomic E-state index is 13.7. The van der Waals surface area contributed by atoms with Crippen molar-refractivity contribution in [2.75, 3.05) is 19.0 Å². The number of para-hydroxylation sites is 1. The lowest BCUT2D eigenvalue weighted by atomic mass is 10.0. The van der Waals surface area contributed by atoms with E-state index in [9.17, 15) is 48.6 Å². The molecule has 0 bridgehead atoms. The van der Waals surface area contributed by atoms with Crippen LogP contribution in [-0.4, -0.2) is 123 Å². The van der Waals surface area contributed by atoms with Crippen LogP contribution in [0.3, 0.4) is 0 Å². The Morgan fingerprint density at radius 2 is 1.14 bits per heavy atom. The molecule has 0 radical (unpaired) electrons. The number of carbonyl (C=O) groups excluding carboxylic acids is 7. The van der Waals surface area contributed by atoms with Crippen molar-refractivity contribution in [3.05, 3.63) is 36.0 Å². The third kappa shape index (κ3) is 13.2. The summed E-state index contributed by atoms with van der Waals surface area (Å²) in [6, 6.07) is -2.10. The summed E-state index contributed by atoms with van der Waals surface area (Å²) in [6.07, 6.45) is -0.0650. The number of amides is 7. The number of thiol groups is 1. The molecule has 15 N–H and O–H groups in total. The molecule has 2 aromatic rings. The monoisotopic (exact) mass is 737 g/mol. The molecule has 51 heavy (non-hydrogen) atoms. The maximum Gasteiger partial charge on any atom is 0.328 e. The van der Waals surface area contributed by atoms with Crippen molar-refractivity contribution in [2.24, 2.45) is 17.2 Å². The largest absolute Gasteiger partial charge is 0.480 e. The molecule has 280 valence electrons. The molecule has 0 aliphatic heterocycles. The zero-order valence-corrected chi connectivity index (χ0v) is 28.2. The lowest BCUT2D eigenvalue weighted by Crippen LogP contribution is -2.60. The van der Waals surface area contributed by atoms with E-state index < -0.39 is 103 Å². The van der Waals surface area contributed by atoms with Gasteiger partial charge in [0, 0.05) is 42.1 Å². The second-order valence-electron chi connectivity index (χ2n) is 11.4. The van der Waals surface area contributed by atoms with Gasteiger partial charge >= 0.3 is 5.97 Å². The predicted octanol–water partition coefficient (Wildman–Crippen LogP) is -5.01. The van der Waals surface area contributed by atoms with Crippen molar-refractivity contribution >= 4 is 70.9 Å². The van der Waals surface area contributed by atoms with Crippen LogP contribution in [0.15, 0.2) is 30.5 Å². The topological polar surface area (TPSA) is 351 Å². The van der Waals surface area contributed by atoms with Crippen LogP contribution in [0, 0.1) is 0 Å². The van der Waals surface area contributed by atoms with Gasteiger partial charge < -0.3 is 64.1 Å². The van der Waals surface area contributed by atoms with Crippen LogP contribution in [0.2, 0.25) is 0 Å². The van der Waals surface area contributed by atoms with Crippen molar-refractivity contribution in [1.82, 2.24) is 31.6 Å². The molecule has 0 aliphatic rings. The third-order valence-electron chi connectivity index (χ3n) is 7.50. The van der Waals surface area contributed by atoms with Crippen molar-refractivity contribution < 1.29 is 53.7 Å². The number of benzene rings is 1. The van der Waals surface area contributed by atoms with Crippen LogP contribution in [0.1, 0.15) is 31.2 Å². The van der Waals surface area contributed by atoms with Crippen LogP contribution in [-0.2, 0) is 44.8 Å². The van der Waals surface area contributed by atoms with Gasteiger partial charge in [-0.2, -0.15) is 12.6 Å². The van der Waals surface area contributed by atoms with E-state index in [0.717, 1.165) is 0 Å². The van der Waals surface area contributed by atoms with Gasteiger partial charge in [-0.3, -0.25) is 33.6 Å². The van der Waals surface area contributed by atoms with Gasteiger partial charge in [0.1, 0.15) is 30.2 Å². The number of aliphatic hydroxyl groups is 2. The molecule has 0 unspecified atom stereocenters. The van der Waals surface area contributed by atoms with E-state index in [1.165, 1.54) is 0 Å². The summed E-state index contributed by atoms with van der Waals surface area (Å²) in [4.78, 5) is 103. The molecule has 1 aromatic heterocycles. The number of hydrogen-bond acceptors (Lipinski definition) is 12. The molecule has 1 aromatic carbocycles. The summed E-state index contributed by atoms with van der Waals surface area (Å²) in [5.41, 5.74) is 17.4. The second-order valence-corrected chi connectivity index (χ2v) is 11.7. The van der Waals surface area contributed by atoms with Crippen LogP contribution in [0.5, 0.6) is 0 Å². The molecule has 21 heteroatoms. The van der Waals surface area contributed by atoms with Gasteiger partial charge in [0.2, 0.25) is 41.4 Å². The summed E-state index contributed by atoms with van der Waals surface area (Å²) in [6.45, 7) is -1.99. The molecular formula is C30H43N9O11S. The predicted molar refractivity (Wildman–Crippen MR) is 182 cm³/mol. The highest BCUT2D eigenvalue weighted by molar-refractivity contribution is 7.80. The number of hydrogen-bond donors (Lipinski definition) is 13. The first kappa shape index (κ1) is 41.9. The summed E-state index contributed by atoms with van der Waals surface area (Å²) < 4.78 is 0. The highest BCUT2D eigenvalue weighted by Gasteiger charge is 2.33. The van der Waals surface area contributed by atoms with Gasteiger partial charge in [-0.1, -0.05) is 18.2 Å². The number of nitrogens with one attached hydrogen (secondary N) is 6. The smallest absolute Gasteiger partial charge is 0.328 e. The molecule has 20 nitrogen and oxygen atoms in total. The number of nitrogens with two attached hydrogens (primary N) is 3. The van der Waals surface area contributed by atoms with E-state index in [-0.39, 0.29) is 31.4 Å². The van der Waals surface area contributed by atoms with Gasteiger partial charge in [-0.25, -0.2) is 4.79 Å². The Hall–Kier alpha value is -5.25. The van der Waals surface area contributed by atoms with Gasteiger partial charge in [0.15, 0.2) is 0 Å². The lowest BCUT2D eigenvalue weighted by molar-refractivity contribution is -0.143. The van der Waals surface area contributed by atoms with E-state index in [1.807, 2.05) is 5.32 Å². The number of aliphatic hydroxyl groups excluding tert-OH is 2. The Kier molecular flexibility index (Phi) is 16.8. The Morgan fingerprint density at radius 3 is 1.65 bits per heavy atom. The molecule has 0 spiro atoms. The van der Waals surface area contributed by atoms with E-state index in [1.54, 1.807) is 30.5 Å². The van der Waals surface area contributed by atoms with E-state index in [4.69, 9.17) is 22.3 Å². The zero-order valence-electron chi connectivity index (χ0n) is 27.3. The number of carbonyl (C=O) groups is 8. The molecule has 7 amide bonds. The van der Waals surface area contributed by atoms with Crippen LogP contribution in [0.25, 0.3) is 10.9 Å². The van der Waals surface area contributed by atoms with Gasteiger partial charge in [0.05, 0.1) is 19.3 Å². The summed E-state index contributed by atoms with van der Waals surface area (Å²) in [5, 5.41) is 40.4. The van der Waals surface area contributed by atoms with Gasteiger partial charge in [-0.05, 0) is 24.5 Å². The molecule has 0 saturated carbocycles. The fourth-order valence-electron chi connectivity index (χ4n) is 4.67. The highest BCUT2D eigenvalue weighted by atomic mass is 32.1. The number of aromatic nitrogens is 1. The fraction of sp³-hybridized carbons (Fsp3) is 0.467. The summed E-state index contributed by atoms with van der Waals surface area (Å²) in [5.74, 6) is -8.24. The number of fused-ring (bicyclic) bond motifs is 1. The van der Waals surface area contributed by atoms with Crippen molar-refractivity contribution in [3.63, 3.8) is 0 Å². The number of aromatic amines is 1. The molecule has 2 rings (SSSR count). The SMILES string of the molecule is NC(=O)CC[C@H](NC(=O)[C@H](CCC(N)=O)NC(=O)[C@@H](N)CS)C(=O)N[C@@H](Cc1c[nH]c2ccccc12)C(=O)N[C@@H](CO)C(=O)N[C@@H](CO)C(=O)O. The number of rotatable bonds is 22. The molecule has 1 heterocycles. The first-order valence-corrected chi connectivity index (χ1v) is 16.2. The van der Waals surface area contributed by atoms with Crippen LogP contribution in [0.4, 0.5) is 0 Å². The maximum absolute atomic E-state index is 13.7. The van der Waals surface area contributed by atoms with Crippen LogP contribution >= 0.6 is 12.6 Å². The summed E-state index contributed by atoms with van der Waals surface area (Å²) >= 11 is 3.95. The number of H-pyrrole nitrogens is 1.